The van der Waals surface area contributed by atoms with Crippen LogP contribution in [0.25, 0.3) is 11.0 Å². The predicted molar refractivity (Wildman–Crippen MR) is 74.1 cm³/mol. The molecule has 1 saturated heterocycles. The van der Waals surface area contributed by atoms with Crippen LogP contribution in [0.2, 0.25) is 0 Å². The number of rotatable bonds is 3. The number of nitrogens with zero attached hydrogens (tertiary/aromatic N) is 2. The largest absolute Gasteiger partial charge is 0.381 e. The summed E-state index contributed by atoms with van der Waals surface area (Å²) >= 11 is 0. The van der Waals surface area contributed by atoms with Crippen LogP contribution in [0.1, 0.15) is 42.6 Å². The maximum absolute atomic E-state index is 5.73. The first-order chi connectivity index (χ1) is 9.36. The van der Waals surface area contributed by atoms with Crippen molar-refractivity contribution < 1.29 is 4.74 Å². The van der Waals surface area contributed by atoms with Crippen LogP contribution in [-0.4, -0.2) is 22.8 Å². The molecule has 0 spiro atoms. The Morgan fingerprint density at radius 2 is 2.21 bits per heavy atom. The lowest BCUT2D eigenvalue weighted by Crippen LogP contribution is -2.08. The average molecular weight is 257 g/mol. The van der Waals surface area contributed by atoms with Gasteiger partial charge in [-0.2, -0.15) is 0 Å². The Hall–Kier alpha value is -1.39. The van der Waals surface area contributed by atoms with E-state index in [1.807, 2.05) is 0 Å². The fourth-order valence-corrected chi connectivity index (χ4v) is 3.03. The normalized spacial score (nSPS) is 23.3. The zero-order chi connectivity index (χ0) is 12.8. The van der Waals surface area contributed by atoms with Gasteiger partial charge in [-0.3, -0.25) is 0 Å². The minimum atomic E-state index is 0.467. The van der Waals surface area contributed by atoms with Gasteiger partial charge in [0.15, 0.2) is 0 Å². The predicted octanol–water partition coefficient (Wildman–Crippen LogP) is 2.33. The molecule has 1 unspecified atom stereocenters. The monoisotopic (exact) mass is 257 g/mol. The van der Waals surface area contributed by atoms with Gasteiger partial charge < -0.3 is 15.0 Å². The second-order valence-electron chi connectivity index (χ2n) is 5.66. The van der Waals surface area contributed by atoms with Crippen LogP contribution in [-0.2, 0) is 11.3 Å². The standard InChI is InChI=1S/C15H19N3O/c16-8-10-1-4-14-13(7-10)17-15(11-5-6-19-9-11)18(14)12-2-3-12/h1,4,7,11-12H,2-3,5-6,8-9,16H2. The summed E-state index contributed by atoms with van der Waals surface area (Å²) < 4.78 is 7.99. The molecule has 4 nitrogen and oxygen atoms in total. The highest BCUT2D eigenvalue weighted by atomic mass is 16.5. The molecule has 100 valence electrons. The lowest BCUT2D eigenvalue weighted by atomic mass is 10.1. The molecule has 0 radical (unpaired) electrons. The number of imidazole rings is 1. The van der Waals surface area contributed by atoms with Gasteiger partial charge in [0.25, 0.3) is 0 Å². The molecule has 1 saturated carbocycles. The molecule has 2 N–H and O–H groups in total. The lowest BCUT2D eigenvalue weighted by molar-refractivity contribution is 0.192. The highest BCUT2D eigenvalue weighted by molar-refractivity contribution is 5.77. The van der Waals surface area contributed by atoms with Crippen LogP contribution in [0.4, 0.5) is 0 Å². The first kappa shape index (κ1) is 11.4. The van der Waals surface area contributed by atoms with E-state index in [1.54, 1.807) is 0 Å². The SMILES string of the molecule is NCc1ccc2c(c1)nc(C1CCOC1)n2C1CC1. The number of hydrogen-bond acceptors (Lipinski definition) is 3. The van der Waals surface area contributed by atoms with Crippen molar-refractivity contribution in [2.75, 3.05) is 13.2 Å². The summed E-state index contributed by atoms with van der Waals surface area (Å²) in [4.78, 5) is 4.89. The Morgan fingerprint density at radius 1 is 1.32 bits per heavy atom. The summed E-state index contributed by atoms with van der Waals surface area (Å²) in [6.07, 6.45) is 3.66. The number of aromatic nitrogens is 2. The van der Waals surface area contributed by atoms with E-state index in [0.29, 0.717) is 18.5 Å². The maximum atomic E-state index is 5.73. The smallest absolute Gasteiger partial charge is 0.115 e. The number of ether oxygens (including phenoxy) is 1. The Kier molecular flexibility index (Phi) is 2.60. The van der Waals surface area contributed by atoms with Crippen molar-refractivity contribution in [3.8, 4) is 0 Å². The topological polar surface area (TPSA) is 53.1 Å². The molecular weight excluding hydrogens is 238 g/mol. The summed E-state index contributed by atoms with van der Waals surface area (Å²) in [6.45, 7) is 2.26. The van der Waals surface area contributed by atoms with Crippen LogP contribution in [0.15, 0.2) is 18.2 Å². The van der Waals surface area contributed by atoms with Gasteiger partial charge in [0.1, 0.15) is 5.82 Å². The second kappa shape index (κ2) is 4.32. The maximum Gasteiger partial charge on any atom is 0.115 e. The number of fused-ring (bicyclic) bond motifs is 1. The van der Waals surface area contributed by atoms with E-state index < -0.39 is 0 Å². The van der Waals surface area contributed by atoms with Crippen molar-refractivity contribution in [2.45, 2.75) is 37.8 Å². The van der Waals surface area contributed by atoms with Crippen molar-refractivity contribution in [2.24, 2.45) is 5.73 Å². The first-order valence-electron chi connectivity index (χ1n) is 7.15. The van der Waals surface area contributed by atoms with E-state index >= 15 is 0 Å². The Bertz CT molecular complexity index is 609. The average Bonchev–Trinajstić information content (AvgIpc) is 3.01. The van der Waals surface area contributed by atoms with Gasteiger partial charge >= 0.3 is 0 Å². The molecule has 2 aliphatic rings. The number of benzene rings is 1. The molecule has 2 aromatic rings. The minimum absolute atomic E-state index is 0.467. The summed E-state index contributed by atoms with van der Waals surface area (Å²) in [6, 6.07) is 7.09. The molecule has 0 bridgehead atoms. The summed E-state index contributed by atoms with van der Waals surface area (Å²) in [5.41, 5.74) is 9.24. The molecule has 19 heavy (non-hydrogen) atoms. The summed E-state index contributed by atoms with van der Waals surface area (Å²) in [5.74, 6) is 1.69. The minimum Gasteiger partial charge on any atom is -0.381 e. The van der Waals surface area contributed by atoms with E-state index in [4.69, 9.17) is 15.5 Å². The molecule has 1 aromatic carbocycles. The summed E-state index contributed by atoms with van der Waals surface area (Å²) in [7, 11) is 0. The quantitative estimate of drug-likeness (QED) is 0.918. The van der Waals surface area contributed by atoms with Crippen LogP contribution in [0.3, 0.4) is 0 Å². The molecule has 1 aliphatic heterocycles. The molecule has 1 aliphatic carbocycles. The van der Waals surface area contributed by atoms with Crippen LogP contribution in [0, 0.1) is 0 Å². The second-order valence-corrected chi connectivity index (χ2v) is 5.66. The van der Waals surface area contributed by atoms with Gasteiger partial charge in [0, 0.05) is 25.1 Å². The molecule has 0 amide bonds. The molecule has 2 heterocycles. The fourth-order valence-electron chi connectivity index (χ4n) is 3.03. The van der Waals surface area contributed by atoms with E-state index in [1.165, 1.54) is 24.2 Å². The molecule has 1 atom stereocenters. The number of nitrogens with two attached hydrogens (primary N) is 1. The van der Waals surface area contributed by atoms with Crippen LogP contribution >= 0.6 is 0 Å². The van der Waals surface area contributed by atoms with Gasteiger partial charge in [-0.05, 0) is 37.0 Å². The third kappa shape index (κ3) is 1.86. The van der Waals surface area contributed by atoms with Gasteiger partial charge in [0.05, 0.1) is 17.6 Å². The highest BCUT2D eigenvalue weighted by Gasteiger charge is 2.32. The molecule has 4 rings (SSSR count). The van der Waals surface area contributed by atoms with Gasteiger partial charge in [0.2, 0.25) is 0 Å². The van der Waals surface area contributed by atoms with Gasteiger partial charge in [-0.1, -0.05) is 6.07 Å². The Morgan fingerprint density at radius 3 is 2.89 bits per heavy atom. The fraction of sp³-hybridized carbons (Fsp3) is 0.533. The highest BCUT2D eigenvalue weighted by Crippen LogP contribution is 2.41. The number of hydrogen-bond donors (Lipinski definition) is 1. The van der Waals surface area contributed by atoms with Crippen molar-refractivity contribution >= 4 is 11.0 Å². The Labute approximate surface area is 112 Å². The van der Waals surface area contributed by atoms with Gasteiger partial charge in [-0.15, -0.1) is 0 Å². The third-order valence-corrected chi connectivity index (χ3v) is 4.22. The van der Waals surface area contributed by atoms with E-state index in [2.05, 4.69) is 22.8 Å². The van der Waals surface area contributed by atoms with Crippen LogP contribution < -0.4 is 5.73 Å². The van der Waals surface area contributed by atoms with Crippen molar-refractivity contribution in [3.05, 3.63) is 29.6 Å². The van der Waals surface area contributed by atoms with Crippen molar-refractivity contribution in [1.82, 2.24) is 9.55 Å². The van der Waals surface area contributed by atoms with Gasteiger partial charge in [-0.25, -0.2) is 4.98 Å². The molecule has 1 aromatic heterocycles. The molecule has 4 heteroatoms. The first-order valence-corrected chi connectivity index (χ1v) is 7.15. The zero-order valence-corrected chi connectivity index (χ0v) is 11.0. The van der Waals surface area contributed by atoms with Crippen LogP contribution in [0.5, 0.6) is 0 Å². The van der Waals surface area contributed by atoms with E-state index in [9.17, 15) is 0 Å². The van der Waals surface area contributed by atoms with E-state index in [-0.39, 0.29) is 0 Å². The summed E-state index contributed by atoms with van der Waals surface area (Å²) in [5, 5.41) is 0. The van der Waals surface area contributed by atoms with E-state index in [0.717, 1.165) is 30.7 Å². The zero-order valence-electron chi connectivity index (χ0n) is 11.0. The lowest BCUT2D eigenvalue weighted by Gasteiger charge is -2.11. The Balaban J connectivity index is 1.88. The molecular formula is C15H19N3O. The molecule has 2 fully saturated rings. The van der Waals surface area contributed by atoms with Crippen molar-refractivity contribution in [1.29, 1.82) is 0 Å². The van der Waals surface area contributed by atoms with Crippen molar-refractivity contribution in [3.63, 3.8) is 0 Å². The third-order valence-electron chi connectivity index (χ3n) is 4.22.